The molecule has 0 spiro atoms. The quantitative estimate of drug-likeness (QED) is 0.425. The van der Waals surface area contributed by atoms with Crippen LogP contribution in [-0.2, 0) is 6.16 Å². The Morgan fingerprint density at radius 2 is 1.00 bits per heavy atom. The monoisotopic (exact) mass is 429 g/mol. The topological polar surface area (TPSA) is 38.7 Å². The Morgan fingerprint density at radius 3 is 1.39 bits per heavy atom. The Kier molecular flexibility index (Phi) is 6.25. The minimum atomic E-state index is -2.11. The van der Waals surface area contributed by atoms with Crippen molar-refractivity contribution in [2.75, 3.05) is 14.2 Å². The highest BCUT2D eigenvalue weighted by molar-refractivity contribution is 7.95. The fourth-order valence-electron chi connectivity index (χ4n) is 4.06. The predicted octanol–water partition coefficient (Wildman–Crippen LogP) is 4.90. The number of hydrogen-bond acceptors (Lipinski definition) is 3. The van der Waals surface area contributed by atoms with Crippen LogP contribution in [0.5, 0.6) is 17.2 Å². The Hall–Kier alpha value is -3.29. The van der Waals surface area contributed by atoms with Gasteiger partial charge in [-0.05, 0) is 42.5 Å². The van der Waals surface area contributed by atoms with Gasteiger partial charge in [0.1, 0.15) is 35.1 Å². The third-order valence-corrected chi connectivity index (χ3v) is 9.94. The summed E-state index contributed by atoms with van der Waals surface area (Å²) in [5.74, 6) is 1.35. The standard InChI is InChI=1S/C27H25O3P/c1-29-26-18-21(25(28)19-27(26)30-2)20-31(22-12-6-3-7-13-22,23-14-8-4-9-15-23)24-16-10-5-11-17-24/h3-19H,20H2,1-2H3/p+1. The van der Waals surface area contributed by atoms with E-state index in [-0.39, 0.29) is 5.75 Å². The second-order valence-electron chi connectivity index (χ2n) is 7.31. The Balaban J connectivity index is 2.00. The molecule has 0 fully saturated rings. The lowest BCUT2D eigenvalue weighted by molar-refractivity contribution is 0.350. The van der Waals surface area contributed by atoms with Crippen LogP contribution in [-0.4, -0.2) is 19.3 Å². The molecule has 0 atom stereocenters. The lowest BCUT2D eigenvalue weighted by atomic mass is 10.2. The van der Waals surface area contributed by atoms with Gasteiger partial charge in [0.15, 0.2) is 11.5 Å². The van der Waals surface area contributed by atoms with E-state index in [1.807, 2.05) is 24.3 Å². The number of hydrogen-bond donors (Lipinski definition) is 1. The summed E-state index contributed by atoms with van der Waals surface area (Å²) in [6.45, 7) is 0. The molecule has 4 rings (SSSR count). The van der Waals surface area contributed by atoms with Crippen molar-refractivity contribution >= 4 is 23.2 Å². The highest BCUT2D eigenvalue weighted by Gasteiger charge is 2.46. The van der Waals surface area contributed by atoms with Gasteiger partial charge in [-0.3, -0.25) is 0 Å². The van der Waals surface area contributed by atoms with E-state index in [1.54, 1.807) is 20.3 Å². The van der Waals surface area contributed by atoms with Gasteiger partial charge in [0.25, 0.3) is 0 Å². The number of methoxy groups -OCH3 is 2. The molecule has 1 N–H and O–H groups in total. The highest BCUT2D eigenvalue weighted by Crippen LogP contribution is 2.59. The largest absolute Gasteiger partial charge is 0.507 e. The molecule has 4 aromatic rings. The van der Waals surface area contributed by atoms with E-state index < -0.39 is 7.26 Å². The summed E-state index contributed by atoms with van der Waals surface area (Å²) >= 11 is 0. The number of benzene rings is 4. The molecule has 0 unspecified atom stereocenters. The molecule has 0 radical (unpaired) electrons. The highest BCUT2D eigenvalue weighted by atomic mass is 31.2. The van der Waals surface area contributed by atoms with Crippen molar-refractivity contribution in [3.63, 3.8) is 0 Å². The molecule has 0 heterocycles. The maximum absolute atomic E-state index is 10.9. The Labute approximate surface area is 184 Å². The molecule has 4 heteroatoms. The van der Waals surface area contributed by atoms with Crippen LogP contribution in [0.1, 0.15) is 5.56 Å². The molecule has 0 aromatic heterocycles. The molecule has 4 aromatic carbocycles. The van der Waals surface area contributed by atoms with Gasteiger partial charge in [0, 0.05) is 11.6 Å². The van der Waals surface area contributed by atoms with Crippen molar-refractivity contribution in [2.24, 2.45) is 0 Å². The third-order valence-electron chi connectivity index (χ3n) is 5.58. The molecular weight excluding hydrogens is 403 g/mol. The zero-order valence-electron chi connectivity index (χ0n) is 17.7. The molecule has 0 saturated carbocycles. The summed E-state index contributed by atoms with van der Waals surface area (Å²) in [5.41, 5.74) is 0.836. The summed E-state index contributed by atoms with van der Waals surface area (Å²) < 4.78 is 10.9. The van der Waals surface area contributed by atoms with E-state index in [1.165, 1.54) is 15.9 Å². The van der Waals surface area contributed by atoms with Crippen molar-refractivity contribution in [2.45, 2.75) is 6.16 Å². The summed E-state index contributed by atoms with van der Waals surface area (Å²) in [7, 11) is 1.08. The minimum absolute atomic E-state index is 0.213. The van der Waals surface area contributed by atoms with E-state index in [9.17, 15) is 5.11 Å². The lowest BCUT2D eigenvalue weighted by Gasteiger charge is -2.28. The Bertz CT molecular complexity index is 1030. The average Bonchev–Trinajstić information content (AvgIpc) is 2.84. The van der Waals surface area contributed by atoms with E-state index in [0.29, 0.717) is 17.7 Å². The van der Waals surface area contributed by atoms with Crippen molar-refractivity contribution in [3.05, 3.63) is 109 Å². The first-order valence-electron chi connectivity index (χ1n) is 10.2. The van der Waals surface area contributed by atoms with Gasteiger partial charge in [-0.25, -0.2) is 0 Å². The van der Waals surface area contributed by atoms with Crippen molar-refractivity contribution in [1.82, 2.24) is 0 Å². The molecule has 156 valence electrons. The fourth-order valence-corrected chi connectivity index (χ4v) is 8.31. The summed E-state index contributed by atoms with van der Waals surface area (Å²) in [6, 6.07) is 35.4. The maximum atomic E-state index is 10.9. The van der Waals surface area contributed by atoms with Crippen LogP contribution in [0.25, 0.3) is 0 Å². The smallest absolute Gasteiger partial charge is 0.164 e. The number of rotatable bonds is 7. The van der Waals surface area contributed by atoms with Crippen molar-refractivity contribution < 1.29 is 14.6 Å². The molecular formula is C27H26O3P+. The van der Waals surface area contributed by atoms with E-state index in [2.05, 4.69) is 72.8 Å². The first-order chi connectivity index (χ1) is 15.2. The second-order valence-corrected chi connectivity index (χ2v) is 10.8. The van der Waals surface area contributed by atoms with Crippen LogP contribution in [0, 0.1) is 0 Å². The number of aromatic hydroxyl groups is 1. The van der Waals surface area contributed by atoms with Crippen LogP contribution in [0.2, 0.25) is 0 Å². The molecule has 0 bridgehead atoms. The van der Waals surface area contributed by atoms with Gasteiger partial charge in [0.05, 0.1) is 14.2 Å². The molecule has 0 amide bonds. The summed E-state index contributed by atoms with van der Waals surface area (Å²) in [4.78, 5) is 0. The van der Waals surface area contributed by atoms with Crippen molar-refractivity contribution in [3.8, 4) is 17.2 Å². The minimum Gasteiger partial charge on any atom is -0.507 e. The van der Waals surface area contributed by atoms with Gasteiger partial charge in [-0.1, -0.05) is 54.6 Å². The van der Waals surface area contributed by atoms with Crippen LogP contribution < -0.4 is 25.4 Å². The normalized spacial score (nSPS) is 11.2. The third kappa shape index (κ3) is 4.02. The molecule has 3 nitrogen and oxygen atoms in total. The van der Waals surface area contributed by atoms with Gasteiger partial charge in [-0.15, -0.1) is 0 Å². The predicted molar refractivity (Wildman–Crippen MR) is 130 cm³/mol. The average molecular weight is 429 g/mol. The van der Waals surface area contributed by atoms with Crippen LogP contribution >= 0.6 is 7.26 Å². The molecule has 0 saturated heterocycles. The number of phenols is 1. The molecule has 0 aliphatic heterocycles. The number of phenolic OH excluding ortho intramolecular Hbond substituents is 1. The van der Waals surface area contributed by atoms with Gasteiger partial charge in [-0.2, -0.15) is 0 Å². The van der Waals surface area contributed by atoms with Gasteiger partial charge >= 0.3 is 0 Å². The van der Waals surface area contributed by atoms with Crippen LogP contribution in [0.15, 0.2) is 103 Å². The molecule has 31 heavy (non-hydrogen) atoms. The second kappa shape index (κ2) is 9.24. The van der Waals surface area contributed by atoms with E-state index >= 15 is 0 Å². The first-order valence-corrected chi connectivity index (χ1v) is 12.1. The zero-order valence-corrected chi connectivity index (χ0v) is 18.6. The van der Waals surface area contributed by atoms with Crippen LogP contribution in [0.3, 0.4) is 0 Å². The van der Waals surface area contributed by atoms with Gasteiger partial charge in [0.2, 0.25) is 0 Å². The fraction of sp³-hybridized carbons (Fsp3) is 0.111. The maximum Gasteiger partial charge on any atom is 0.164 e. The lowest BCUT2D eigenvalue weighted by Crippen LogP contribution is -2.32. The summed E-state index contributed by atoms with van der Waals surface area (Å²) in [5, 5.41) is 14.7. The Morgan fingerprint density at radius 1 is 0.613 bits per heavy atom. The van der Waals surface area contributed by atoms with E-state index in [4.69, 9.17) is 9.47 Å². The number of ether oxygens (including phenoxy) is 2. The van der Waals surface area contributed by atoms with Gasteiger partial charge < -0.3 is 14.6 Å². The SMILES string of the molecule is COc1cc(O)c(C[P+](c2ccccc2)(c2ccccc2)c2ccccc2)cc1OC. The first kappa shape index (κ1) is 21.0. The van der Waals surface area contributed by atoms with E-state index in [0.717, 1.165) is 5.56 Å². The van der Waals surface area contributed by atoms with Crippen molar-refractivity contribution in [1.29, 1.82) is 0 Å². The summed E-state index contributed by atoms with van der Waals surface area (Å²) in [6.07, 6.45) is 0.664. The molecule has 0 aliphatic carbocycles. The molecule has 0 aliphatic rings. The zero-order chi connectivity index (χ0) is 21.7. The van der Waals surface area contributed by atoms with Crippen LogP contribution in [0.4, 0.5) is 0 Å².